The van der Waals surface area contributed by atoms with Crippen LogP contribution in [0.2, 0.25) is 0 Å². The van der Waals surface area contributed by atoms with Crippen LogP contribution in [-0.2, 0) is 9.59 Å². The quantitative estimate of drug-likeness (QED) is 0.517. The van der Waals surface area contributed by atoms with Gasteiger partial charge in [0.1, 0.15) is 5.41 Å². The lowest BCUT2D eigenvalue weighted by molar-refractivity contribution is -0.144. The monoisotopic (exact) mass is 205 g/mol. The molecule has 1 amide bonds. The normalized spacial score (nSPS) is 11.2. The summed E-state index contributed by atoms with van der Waals surface area (Å²) in [7, 11) is 0. The number of hydrogen-bond donors (Lipinski definition) is 0. The highest BCUT2D eigenvalue weighted by Crippen LogP contribution is 2.22. The predicted molar refractivity (Wildman–Crippen MR) is 52.6 cm³/mol. The van der Waals surface area contributed by atoms with E-state index < -0.39 is 10.7 Å². The third-order valence-corrected chi connectivity index (χ3v) is 2.55. The van der Waals surface area contributed by atoms with E-state index in [0.29, 0.717) is 13.1 Å². The van der Waals surface area contributed by atoms with Gasteiger partial charge < -0.3 is 4.90 Å². The van der Waals surface area contributed by atoms with E-state index >= 15 is 0 Å². The summed E-state index contributed by atoms with van der Waals surface area (Å²) in [4.78, 5) is 24.2. The third-order valence-electron chi connectivity index (χ3n) is 2.08. The van der Waals surface area contributed by atoms with Gasteiger partial charge >= 0.3 is 0 Å². The van der Waals surface area contributed by atoms with E-state index in [1.165, 1.54) is 0 Å². The molecule has 0 saturated heterocycles. The van der Waals surface area contributed by atoms with Crippen molar-refractivity contribution in [3.05, 3.63) is 0 Å². The molecule has 0 heterocycles. The van der Waals surface area contributed by atoms with Gasteiger partial charge in [-0.05, 0) is 39.3 Å². The first kappa shape index (κ1) is 12.4. The molecule has 4 heteroatoms. The molecule has 0 saturated carbocycles. The number of nitrogens with zero attached hydrogens (tertiary/aromatic N) is 1. The van der Waals surface area contributed by atoms with Gasteiger partial charge in [-0.1, -0.05) is 0 Å². The van der Waals surface area contributed by atoms with Crippen LogP contribution in [0.5, 0.6) is 0 Å². The minimum absolute atomic E-state index is 0.211. The second-order valence-electron chi connectivity index (χ2n) is 3.38. The molecule has 76 valence electrons. The van der Waals surface area contributed by atoms with Gasteiger partial charge in [0.15, 0.2) is 0 Å². The van der Waals surface area contributed by atoms with Gasteiger partial charge in [-0.15, -0.1) is 0 Å². The number of amides is 1. The number of halogens is 1. The van der Waals surface area contributed by atoms with Gasteiger partial charge in [0.05, 0.1) is 0 Å². The highest BCUT2D eigenvalue weighted by molar-refractivity contribution is 6.66. The van der Waals surface area contributed by atoms with Crippen LogP contribution in [0.15, 0.2) is 0 Å². The number of carbonyl (C=O) groups excluding carboxylic acids is 2. The summed E-state index contributed by atoms with van der Waals surface area (Å²) >= 11 is 5.34. The van der Waals surface area contributed by atoms with Gasteiger partial charge in [-0.3, -0.25) is 9.59 Å². The van der Waals surface area contributed by atoms with E-state index in [-0.39, 0.29) is 5.91 Å². The Morgan fingerprint density at radius 2 is 1.62 bits per heavy atom. The fraction of sp³-hybridized carbons (Fsp3) is 0.778. The predicted octanol–water partition coefficient (Wildman–Crippen LogP) is 1.65. The first-order chi connectivity index (χ1) is 5.87. The van der Waals surface area contributed by atoms with Crippen molar-refractivity contribution in [1.82, 2.24) is 4.90 Å². The van der Waals surface area contributed by atoms with Crippen LogP contribution in [0.4, 0.5) is 0 Å². The van der Waals surface area contributed by atoms with E-state index in [4.69, 9.17) is 11.6 Å². The summed E-state index contributed by atoms with van der Waals surface area (Å²) in [6, 6.07) is 0. The maximum Gasteiger partial charge on any atom is 0.237 e. The average Bonchev–Trinajstić information content (AvgIpc) is 2.06. The summed E-state index contributed by atoms with van der Waals surface area (Å²) < 4.78 is 0. The minimum atomic E-state index is -1.10. The van der Waals surface area contributed by atoms with Crippen LogP contribution >= 0.6 is 11.6 Å². The Balaban J connectivity index is 4.66. The zero-order valence-corrected chi connectivity index (χ0v) is 9.31. The molecule has 0 unspecified atom stereocenters. The van der Waals surface area contributed by atoms with E-state index in [2.05, 4.69) is 0 Å². The molecule has 0 radical (unpaired) electrons. The summed E-state index contributed by atoms with van der Waals surface area (Å²) in [5, 5.41) is -0.607. The average molecular weight is 206 g/mol. The molecule has 0 aliphatic carbocycles. The molecule has 0 N–H and O–H groups in total. The molecule has 0 aromatic heterocycles. The van der Waals surface area contributed by atoms with E-state index in [0.717, 1.165) is 0 Å². The van der Waals surface area contributed by atoms with Crippen LogP contribution < -0.4 is 0 Å². The summed E-state index contributed by atoms with van der Waals surface area (Å²) in [6.07, 6.45) is 0. The van der Waals surface area contributed by atoms with Crippen LogP contribution in [0.1, 0.15) is 27.7 Å². The fourth-order valence-electron chi connectivity index (χ4n) is 0.990. The van der Waals surface area contributed by atoms with Gasteiger partial charge in [0, 0.05) is 13.1 Å². The molecule has 0 aliphatic rings. The smallest absolute Gasteiger partial charge is 0.237 e. The lowest BCUT2D eigenvalue weighted by Gasteiger charge is -2.27. The van der Waals surface area contributed by atoms with Gasteiger partial charge in [0.2, 0.25) is 11.1 Å². The Morgan fingerprint density at radius 1 is 1.23 bits per heavy atom. The molecule has 0 aromatic carbocycles. The summed E-state index contributed by atoms with van der Waals surface area (Å²) in [6.45, 7) is 8.03. The second-order valence-corrected chi connectivity index (χ2v) is 3.72. The van der Waals surface area contributed by atoms with E-state index in [1.807, 2.05) is 13.8 Å². The lowest BCUT2D eigenvalue weighted by Crippen LogP contribution is -2.43. The standard InChI is InChI=1S/C9H16ClNO2/c1-5-11(6-2)8(13)9(3,4)7(10)12/h5-6H2,1-4H3. The van der Waals surface area contributed by atoms with E-state index in [9.17, 15) is 9.59 Å². The summed E-state index contributed by atoms with van der Waals surface area (Å²) in [5.74, 6) is -0.211. The van der Waals surface area contributed by atoms with Crippen molar-refractivity contribution in [2.45, 2.75) is 27.7 Å². The molecule has 13 heavy (non-hydrogen) atoms. The SMILES string of the molecule is CCN(CC)C(=O)C(C)(C)C(=O)Cl. The maximum absolute atomic E-state index is 11.7. The van der Waals surface area contributed by atoms with Crippen molar-refractivity contribution in [2.75, 3.05) is 13.1 Å². The van der Waals surface area contributed by atoms with Crippen LogP contribution in [-0.4, -0.2) is 29.1 Å². The first-order valence-corrected chi connectivity index (χ1v) is 4.75. The molecular weight excluding hydrogens is 190 g/mol. The van der Waals surface area contributed by atoms with Gasteiger partial charge in [0.25, 0.3) is 0 Å². The molecular formula is C9H16ClNO2. The number of hydrogen-bond acceptors (Lipinski definition) is 2. The molecule has 3 nitrogen and oxygen atoms in total. The maximum atomic E-state index is 11.7. The molecule has 0 aliphatic heterocycles. The zero-order valence-electron chi connectivity index (χ0n) is 8.56. The Labute approximate surface area is 84.0 Å². The zero-order chi connectivity index (χ0) is 10.6. The second kappa shape index (κ2) is 4.61. The molecule has 0 spiro atoms. The van der Waals surface area contributed by atoms with Crippen molar-refractivity contribution in [1.29, 1.82) is 0 Å². The van der Waals surface area contributed by atoms with Gasteiger partial charge in [-0.25, -0.2) is 0 Å². The molecule has 0 fully saturated rings. The number of rotatable bonds is 4. The topological polar surface area (TPSA) is 37.4 Å². The van der Waals surface area contributed by atoms with Crippen LogP contribution in [0.3, 0.4) is 0 Å². The fourth-order valence-corrected chi connectivity index (χ4v) is 1.07. The van der Waals surface area contributed by atoms with Crippen molar-refractivity contribution >= 4 is 22.8 Å². The Bertz CT molecular complexity index is 210. The molecule has 0 bridgehead atoms. The third kappa shape index (κ3) is 2.69. The summed E-state index contributed by atoms with van der Waals surface area (Å²) in [5.41, 5.74) is -1.10. The number of carbonyl (C=O) groups is 2. The van der Waals surface area contributed by atoms with Crippen molar-refractivity contribution in [2.24, 2.45) is 5.41 Å². The Kier molecular flexibility index (Phi) is 4.40. The van der Waals surface area contributed by atoms with E-state index in [1.54, 1.807) is 18.7 Å². The van der Waals surface area contributed by atoms with Crippen molar-refractivity contribution in [3.8, 4) is 0 Å². The largest absolute Gasteiger partial charge is 0.342 e. The van der Waals surface area contributed by atoms with Crippen LogP contribution in [0.25, 0.3) is 0 Å². The highest BCUT2D eigenvalue weighted by Gasteiger charge is 2.37. The molecule has 0 aromatic rings. The Hall–Kier alpha value is -0.570. The molecule has 0 atom stereocenters. The Morgan fingerprint density at radius 3 is 1.85 bits per heavy atom. The first-order valence-electron chi connectivity index (χ1n) is 4.37. The molecule has 0 rings (SSSR count). The lowest BCUT2D eigenvalue weighted by atomic mass is 9.93. The van der Waals surface area contributed by atoms with Crippen molar-refractivity contribution < 1.29 is 9.59 Å². The van der Waals surface area contributed by atoms with Crippen molar-refractivity contribution in [3.63, 3.8) is 0 Å². The van der Waals surface area contributed by atoms with Crippen LogP contribution in [0, 0.1) is 5.41 Å². The highest BCUT2D eigenvalue weighted by atomic mass is 35.5. The minimum Gasteiger partial charge on any atom is -0.342 e. The van der Waals surface area contributed by atoms with Gasteiger partial charge in [-0.2, -0.15) is 0 Å².